The fraction of sp³-hybridized carbons (Fsp3) is 1.00. The van der Waals surface area contributed by atoms with Gasteiger partial charge in [-0.3, -0.25) is 5.09 Å². The van der Waals surface area contributed by atoms with E-state index in [1.54, 1.807) is 0 Å². The Hall–Kier alpha value is 0.350. The van der Waals surface area contributed by atoms with Gasteiger partial charge in [-0.05, 0) is 14.0 Å². The third kappa shape index (κ3) is 4.20. The van der Waals surface area contributed by atoms with Crippen molar-refractivity contribution in [2.45, 2.75) is 13.0 Å². The van der Waals surface area contributed by atoms with Crippen molar-refractivity contribution in [2.75, 3.05) is 13.6 Å². The zero-order valence-electron chi connectivity index (χ0n) is 4.86. The molecule has 0 spiro atoms. The Morgan fingerprint density at radius 1 is 1.71 bits per heavy atom. The molecule has 0 aromatic heterocycles. The maximum atomic E-state index is 3.04. The minimum Gasteiger partial charge on any atom is -0.318 e. The average Bonchev–Trinajstić information content (AvgIpc) is 1.68. The zero-order valence-corrected chi connectivity index (χ0v) is 6.02. The lowest BCUT2D eigenvalue weighted by Gasteiger charge is -2.06. The summed E-state index contributed by atoms with van der Waals surface area (Å²) >= 11 is 0. The van der Waals surface area contributed by atoms with E-state index in [-0.39, 0.29) is 0 Å². The van der Waals surface area contributed by atoms with Crippen molar-refractivity contribution in [3.63, 3.8) is 0 Å². The maximum Gasteiger partial charge on any atom is 0.0195 e. The van der Waals surface area contributed by atoms with Gasteiger partial charge in [0.15, 0.2) is 0 Å². The van der Waals surface area contributed by atoms with Crippen molar-refractivity contribution in [3.05, 3.63) is 0 Å². The fourth-order valence-corrected chi connectivity index (χ4v) is 0.483. The van der Waals surface area contributed by atoms with E-state index in [2.05, 4.69) is 26.7 Å². The first-order valence-electron chi connectivity index (χ1n) is 2.42. The lowest BCUT2D eigenvalue weighted by Crippen LogP contribution is -2.28. The van der Waals surface area contributed by atoms with Crippen LogP contribution in [0.15, 0.2) is 0 Å². The van der Waals surface area contributed by atoms with Crippen molar-refractivity contribution < 1.29 is 0 Å². The first kappa shape index (κ1) is 7.35. The van der Waals surface area contributed by atoms with Crippen molar-refractivity contribution in [2.24, 2.45) is 0 Å². The van der Waals surface area contributed by atoms with E-state index in [1.165, 1.54) is 0 Å². The third-order valence-electron chi connectivity index (χ3n) is 0.795. The van der Waals surface area contributed by atoms with Crippen LogP contribution in [0.25, 0.3) is 0 Å². The van der Waals surface area contributed by atoms with Crippen LogP contribution in [-0.4, -0.2) is 19.6 Å². The van der Waals surface area contributed by atoms with Crippen molar-refractivity contribution in [3.8, 4) is 0 Å². The molecule has 0 bridgehead atoms. The second-order valence-corrected chi connectivity index (χ2v) is 1.96. The van der Waals surface area contributed by atoms with Crippen LogP contribution in [0.2, 0.25) is 0 Å². The molecule has 0 saturated carbocycles. The molecule has 2 atom stereocenters. The SMILES string of the molecule is CNCC(C)NP. The lowest BCUT2D eigenvalue weighted by molar-refractivity contribution is 0.632. The Kier molecular flexibility index (Phi) is 4.73. The molecule has 2 nitrogen and oxygen atoms in total. The van der Waals surface area contributed by atoms with E-state index in [0.717, 1.165) is 6.54 Å². The minimum atomic E-state index is 0.551. The molecule has 2 unspecified atom stereocenters. The Balaban J connectivity index is 2.83. The van der Waals surface area contributed by atoms with Crippen LogP contribution in [0.5, 0.6) is 0 Å². The predicted molar refractivity (Wildman–Crippen MR) is 36.2 cm³/mol. The summed E-state index contributed by atoms with van der Waals surface area (Å²) in [5.74, 6) is 0. The van der Waals surface area contributed by atoms with E-state index in [4.69, 9.17) is 0 Å². The molecule has 0 aliphatic carbocycles. The molecule has 0 fully saturated rings. The van der Waals surface area contributed by atoms with Crippen LogP contribution in [0.4, 0.5) is 0 Å². The van der Waals surface area contributed by atoms with E-state index >= 15 is 0 Å². The van der Waals surface area contributed by atoms with E-state index < -0.39 is 0 Å². The summed E-state index contributed by atoms with van der Waals surface area (Å²) < 4.78 is 0. The molecular weight excluding hydrogens is 107 g/mol. The van der Waals surface area contributed by atoms with Gasteiger partial charge in [-0.2, -0.15) is 0 Å². The summed E-state index contributed by atoms with van der Waals surface area (Å²) in [6, 6.07) is 0.551. The summed E-state index contributed by atoms with van der Waals surface area (Å²) in [7, 11) is 4.42. The van der Waals surface area contributed by atoms with Gasteiger partial charge < -0.3 is 5.32 Å². The maximum absolute atomic E-state index is 3.04. The van der Waals surface area contributed by atoms with Crippen LogP contribution < -0.4 is 10.4 Å². The first-order valence-corrected chi connectivity index (χ1v) is 2.99. The smallest absolute Gasteiger partial charge is 0.0195 e. The van der Waals surface area contributed by atoms with Gasteiger partial charge in [0, 0.05) is 12.6 Å². The fourth-order valence-electron chi connectivity index (χ4n) is 0.365. The first-order chi connectivity index (χ1) is 3.31. The molecule has 44 valence electrons. The number of likely N-dealkylation sites (N-methyl/N-ethyl adjacent to an activating group) is 1. The van der Waals surface area contributed by atoms with Gasteiger partial charge in [-0.15, -0.1) is 0 Å². The minimum absolute atomic E-state index is 0.551. The number of hydrogen-bond acceptors (Lipinski definition) is 2. The number of rotatable bonds is 3. The molecule has 7 heavy (non-hydrogen) atoms. The molecule has 0 rings (SSSR count). The monoisotopic (exact) mass is 120 g/mol. The molecule has 3 heteroatoms. The Bertz CT molecular complexity index is 40.7. The summed E-state index contributed by atoms with van der Waals surface area (Å²) in [5, 5.41) is 6.06. The molecule has 0 radical (unpaired) electrons. The van der Waals surface area contributed by atoms with E-state index in [0.29, 0.717) is 6.04 Å². The average molecular weight is 120 g/mol. The topological polar surface area (TPSA) is 24.1 Å². The van der Waals surface area contributed by atoms with Gasteiger partial charge in [0.2, 0.25) is 0 Å². The molecule has 0 aromatic rings. The van der Waals surface area contributed by atoms with Crippen LogP contribution in [0, 0.1) is 0 Å². The van der Waals surface area contributed by atoms with Crippen molar-refractivity contribution in [1.82, 2.24) is 10.4 Å². The number of hydrogen-bond donors (Lipinski definition) is 2. The molecule has 2 N–H and O–H groups in total. The van der Waals surface area contributed by atoms with Gasteiger partial charge in [0.25, 0.3) is 0 Å². The molecule has 0 aromatic carbocycles. The van der Waals surface area contributed by atoms with Gasteiger partial charge in [0.05, 0.1) is 0 Å². The molecule has 0 aliphatic heterocycles. The summed E-state index contributed by atoms with van der Waals surface area (Å²) in [4.78, 5) is 0. The highest BCUT2D eigenvalue weighted by Gasteiger charge is 1.90. The van der Waals surface area contributed by atoms with Gasteiger partial charge >= 0.3 is 0 Å². The van der Waals surface area contributed by atoms with Crippen LogP contribution in [0.3, 0.4) is 0 Å². The largest absolute Gasteiger partial charge is 0.318 e. The highest BCUT2D eigenvalue weighted by Crippen LogP contribution is 1.79. The second kappa shape index (κ2) is 4.51. The molecular formula is C4H13N2P. The third-order valence-corrected chi connectivity index (χ3v) is 1.36. The van der Waals surface area contributed by atoms with E-state index in [9.17, 15) is 0 Å². The predicted octanol–water partition coefficient (Wildman–Crippen LogP) is -0.0260. The summed E-state index contributed by atoms with van der Waals surface area (Å²) in [6.07, 6.45) is 0. The Morgan fingerprint density at radius 3 is 2.43 bits per heavy atom. The second-order valence-electron chi connectivity index (χ2n) is 1.63. The molecule has 0 heterocycles. The molecule has 0 saturated heterocycles. The molecule has 0 aliphatic rings. The standard InChI is InChI=1S/C4H13N2P/c1-4(6-7)3-5-2/h4-6H,3,7H2,1-2H3. The van der Waals surface area contributed by atoms with Gasteiger partial charge in [-0.1, -0.05) is 9.39 Å². The van der Waals surface area contributed by atoms with Crippen molar-refractivity contribution in [1.29, 1.82) is 0 Å². The Labute approximate surface area is 47.3 Å². The van der Waals surface area contributed by atoms with Crippen LogP contribution >= 0.6 is 9.39 Å². The zero-order chi connectivity index (χ0) is 5.70. The van der Waals surface area contributed by atoms with Gasteiger partial charge in [-0.25, -0.2) is 0 Å². The van der Waals surface area contributed by atoms with Gasteiger partial charge in [0.1, 0.15) is 0 Å². The van der Waals surface area contributed by atoms with Crippen molar-refractivity contribution >= 4 is 9.39 Å². The quantitative estimate of drug-likeness (QED) is 0.511. The lowest BCUT2D eigenvalue weighted by atomic mass is 10.4. The molecule has 0 amide bonds. The van der Waals surface area contributed by atoms with E-state index in [1.807, 2.05) is 7.05 Å². The Morgan fingerprint density at radius 2 is 2.29 bits per heavy atom. The normalized spacial score (nSPS) is 14.1. The van der Waals surface area contributed by atoms with Crippen LogP contribution in [-0.2, 0) is 0 Å². The highest BCUT2D eigenvalue weighted by molar-refractivity contribution is 7.13. The number of nitrogens with one attached hydrogen (secondary N) is 2. The van der Waals surface area contributed by atoms with Crippen LogP contribution in [0.1, 0.15) is 6.92 Å². The summed E-state index contributed by atoms with van der Waals surface area (Å²) in [5.41, 5.74) is 0. The highest BCUT2D eigenvalue weighted by atomic mass is 31.0. The summed E-state index contributed by atoms with van der Waals surface area (Å²) in [6.45, 7) is 3.13.